The summed E-state index contributed by atoms with van der Waals surface area (Å²) in [6.45, 7) is 2.63. The largest absolute Gasteiger partial charge is 0.384 e. The molecule has 1 saturated carbocycles. The molecule has 1 aliphatic carbocycles. The van der Waals surface area contributed by atoms with Gasteiger partial charge in [0, 0.05) is 19.9 Å². The highest BCUT2D eigenvalue weighted by atomic mass is 16.5. The molecule has 1 fully saturated rings. The zero-order valence-electron chi connectivity index (χ0n) is 10.7. The molecule has 4 nitrogen and oxygen atoms in total. The minimum absolute atomic E-state index is 0.415. The Morgan fingerprint density at radius 1 is 1.47 bits per heavy atom. The van der Waals surface area contributed by atoms with Gasteiger partial charge in [0.25, 0.3) is 0 Å². The molecule has 0 amide bonds. The molecule has 1 N–H and O–H groups in total. The van der Waals surface area contributed by atoms with E-state index in [1.807, 2.05) is 26.2 Å². The van der Waals surface area contributed by atoms with E-state index in [1.54, 1.807) is 4.68 Å². The van der Waals surface area contributed by atoms with E-state index in [2.05, 4.69) is 5.10 Å². The molecule has 1 atom stereocenters. The molecular formula is C13H22N2O2. The smallest absolute Gasteiger partial charge is 0.127 e. The van der Waals surface area contributed by atoms with Crippen molar-refractivity contribution < 1.29 is 9.84 Å². The van der Waals surface area contributed by atoms with Gasteiger partial charge in [-0.25, -0.2) is 0 Å². The summed E-state index contributed by atoms with van der Waals surface area (Å²) in [6.07, 6.45) is 6.61. The van der Waals surface area contributed by atoms with Gasteiger partial charge in [0.2, 0.25) is 0 Å². The summed E-state index contributed by atoms with van der Waals surface area (Å²) in [4.78, 5) is 0. The van der Waals surface area contributed by atoms with Crippen molar-refractivity contribution in [1.29, 1.82) is 0 Å². The molecule has 4 heteroatoms. The molecule has 0 saturated heterocycles. The number of nitrogens with zero attached hydrogens (tertiary/aromatic N) is 2. The average Bonchev–Trinajstić information content (AvgIpc) is 2.76. The van der Waals surface area contributed by atoms with E-state index in [4.69, 9.17) is 4.74 Å². The van der Waals surface area contributed by atoms with Gasteiger partial charge in [0.05, 0.1) is 11.3 Å². The minimum Gasteiger partial charge on any atom is -0.384 e. The highest BCUT2D eigenvalue weighted by molar-refractivity contribution is 5.10. The summed E-state index contributed by atoms with van der Waals surface area (Å²) in [5.41, 5.74) is 0.310. The second kappa shape index (κ2) is 5.19. The third-order valence-corrected chi connectivity index (χ3v) is 3.64. The van der Waals surface area contributed by atoms with Crippen molar-refractivity contribution in [2.45, 2.75) is 50.7 Å². The first-order valence-corrected chi connectivity index (χ1v) is 6.49. The van der Waals surface area contributed by atoms with Crippen LogP contribution in [-0.2, 0) is 11.8 Å². The molecule has 0 bridgehead atoms. The number of ether oxygens (including phenoxy) is 1. The fourth-order valence-electron chi connectivity index (χ4n) is 2.78. The van der Waals surface area contributed by atoms with E-state index >= 15 is 0 Å². The minimum atomic E-state index is -0.607. The van der Waals surface area contributed by atoms with Crippen LogP contribution in [0.15, 0.2) is 12.3 Å². The van der Waals surface area contributed by atoms with E-state index in [0.29, 0.717) is 6.61 Å². The quantitative estimate of drug-likeness (QED) is 0.874. The molecular weight excluding hydrogens is 216 g/mol. The van der Waals surface area contributed by atoms with Crippen molar-refractivity contribution >= 4 is 0 Å². The Morgan fingerprint density at radius 2 is 2.18 bits per heavy atom. The van der Waals surface area contributed by atoms with Crippen molar-refractivity contribution in [2.24, 2.45) is 7.05 Å². The van der Waals surface area contributed by atoms with Crippen LogP contribution in [0, 0.1) is 0 Å². The molecule has 0 aromatic carbocycles. The van der Waals surface area contributed by atoms with Crippen LogP contribution in [-0.4, -0.2) is 27.1 Å². The maximum Gasteiger partial charge on any atom is 0.127 e. The Morgan fingerprint density at radius 3 is 2.71 bits per heavy atom. The Hall–Kier alpha value is -0.870. The molecule has 96 valence electrons. The van der Waals surface area contributed by atoms with Gasteiger partial charge in [0.15, 0.2) is 0 Å². The average molecular weight is 238 g/mol. The maximum atomic E-state index is 10.5. The van der Waals surface area contributed by atoms with Crippen molar-refractivity contribution in [3.8, 4) is 0 Å². The van der Waals surface area contributed by atoms with Gasteiger partial charge in [-0.2, -0.15) is 5.10 Å². The normalized spacial score (nSPS) is 21.4. The predicted molar refractivity (Wildman–Crippen MR) is 65.6 cm³/mol. The van der Waals surface area contributed by atoms with E-state index in [-0.39, 0.29) is 0 Å². The van der Waals surface area contributed by atoms with Gasteiger partial charge in [-0.1, -0.05) is 19.3 Å². The van der Waals surface area contributed by atoms with Crippen LogP contribution in [0.25, 0.3) is 0 Å². The first-order chi connectivity index (χ1) is 8.18. The van der Waals surface area contributed by atoms with E-state index in [1.165, 1.54) is 6.42 Å². The van der Waals surface area contributed by atoms with Crippen LogP contribution >= 0.6 is 0 Å². The lowest BCUT2D eigenvalue weighted by Gasteiger charge is -2.40. The molecule has 1 heterocycles. The lowest BCUT2D eigenvalue weighted by Crippen LogP contribution is -2.41. The van der Waals surface area contributed by atoms with Gasteiger partial charge in [0.1, 0.15) is 6.10 Å². The molecule has 0 spiro atoms. The SMILES string of the molecule is CCOC1(C(O)c2ccn(C)n2)CCCCC1. The third kappa shape index (κ3) is 2.53. The van der Waals surface area contributed by atoms with Crippen LogP contribution in [0.4, 0.5) is 0 Å². The summed E-state index contributed by atoms with van der Waals surface area (Å²) < 4.78 is 7.62. The first-order valence-electron chi connectivity index (χ1n) is 6.49. The highest BCUT2D eigenvalue weighted by Crippen LogP contribution is 2.40. The van der Waals surface area contributed by atoms with Gasteiger partial charge < -0.3 is 9.84 Å². The van der Waals surface area contributed by atoms with Gasteiger partial charge >= 0.3 is 0 Å². The van der Waals surface area contributed by atoms with Crippen LogP contribution in [0.3, 0.4) is 0 Å². The summed E-state index contributed by atoms with van der Waals surface area (Å²) in [5, 5.41) is 14.8. The molecule has 1 aliphatic rings. The Bertz CT molecular complexity index is 351. The van der Waals surface area contributed by atoms with Crippen LogP contribution in [0.2, 0.25) is 0 Å². The summed E-state index contributed by atoms with van der Waals surface area (Å²) >= 11 is 0. The molecule has 0 aliphatic heterocycles. The lowest BCUT2D eigenvalue weighted by molar-refractivity contribution is -0.143. The molecule has 0 radical (unpaired) electrons. The number of aliphatic hydroxyl groups is 1. The standard InChI is InChI=1S/C13H22N2O2/c1-3-17-13(8-5-4-6-9-13)12(16)11-7-10-15(2)14-11/h7,10,12,16H,3-6,8-9H2,1-2H3. The number of aromatic nitrogens is 2. The lowest BCUT2D eigenvalue weighted by atomic mass is 9.79. The number of aliphatic hydroxyl groups excluding tert-OH is 1. The number of rotatable bonds is 4. The summed E-state index contributed by atoms with van der Waals surface area (Å²) in [5.74, 6) is 0. The summed E-state index contributed by atoms with van der Waals surface area (Å²) in [6, 6.07) is 1.88. The topological polar surface area (TPSA) is 47.3 Å². The van der Waals surface area contributed by atoms with Gasteiger partial charge in [-0.3, -0.25) is 4.68 Å². The number of hydrogen-bond donors (Lipinski definition) is 1. The van der Waals surface area contributed by atoms with Crippen LogP contribution in [0.1, 0.15) is 50.8 Å². The first kappa shape index (κ1) is 12.6. The van der Waals surface area contributed by atoms with Crippen molar-refractivity contribution in [1.82, 2.24) is 9.78 Å². The molecule has 1 aromatic rings. The number of hydrogen-bond acceptors (Lipinski definition) is 3. The van der Waals surface area contributed by atoms with E-state index in [9.17, 15) is 5.11 Å². The Balaban J connectivity index is 2.20. The van der Waals surface area contributed by atoms with Gasteiger partial charge in [-0.05, 0) is 25.8 Å². The molecule has 2 rings (SSSR count). The van der Waals surface area contributed by atoms with Crippen LogP contribution in [0.5, 0.6) is 0 Å². The predicted octanol–water partition coefficient (Wildman–Crippen LogP) is 2.19. The Labute approximate surface area is 103 Å². The second-order valence-corrected chi connectivity index (χ2v) is 4.88. The fraction of sp³-hybridized carbons (Fsp3) is 0.769. The Kier molecular flexibility index (Phi) is 3.84. The highest BCUT2D eigenvalue weighted by Gasteiger charge is 2.41. The van der Waals surface area contributed by atoms with Crippen molar-refractivity contribution in [2.75, 3.05) is 6.61 Å². The monoisotopic (exact) mass is 238 g/mol. The molecule has 1 unspecified atom stereocenters. The fourth-order valence-corrected chi connectivity index (χ4v) is 2.78. The van der Waals surface area contributed by atoms with Crippen molar-refractivity contribution in [3.05, 3.63) is 18.0 Å². The summed E-state index contributed by atoms with van der Waals surface area (Å²) in [7, 11) is 1.87. The van der Waals surface area contributed by atoms with E-state index < -0.39 is 11.7 Å². The molecule has 17 heavy (non-hydrogen) atoms. The third-order valence-electron chi connectivity index (χ3n) is 3.64. The van der Waals surface area contributed by atoms with Gasteiger partial charge in [-0.15, -0.1) is 0 Å². The van der Waals surface area contributed by atoms with E-state index in [0.717, 1.165) is 31.4 Å². The number of aryl methyl sites for hydroxylation is 1. The zero-order valence-corrected chi connectivity index (χ0v) is 10.7. The molecule has 1 aromatic heterocycles. The maximum absolute atomic E-state index is 10.5. The van der Waals surface area contributed by atoms with Crippen LogP contribution < -0.4 is 0 Å². The zero-order chi connectivity index (χ0) is 12.3. The second-order valence-electron chi connectivity index (χ2n) is 4.88. The van der Waals surface area contributed by atoms with Crippen molar-refractivity contribution in [3.63, 3.8) is 0 Å².